The smallest absolute Gasteiger partial charge is 0.191 e. The second-order valence-electron chi connectivity index (χ2n) is 4.61. The number of nitrogens with one attached hydrogen (secondary N) is 2. The molecule has 0 unspecified atom stereocenters. The normalized spacial score (nSPS) is 11.1. The van der Waals surface area contributed by atoms with Crippen molar-refractivity contribution in [2.75, 3.05) is 59.8 Å². The quantitative estimate of drug-likeness (QED) is 0.191. The molecule has 0 saturated carbocycles. The molecule has 0 aliphatic rings. The second-order valence-corrected chi connectivity index (χ2v) is 4.61. The van der Waals surface area contributed by atoms with Gasteiger partial charge in [-0.05, 0) is 19.8 Å². The van der Waals surface area contributed by atoms with Gasteiger partial charge in [0.05, 0.1) is 19.8 Å². The lowest BCUT2D eigenvalue weighted by molar-refractivity contribution is 0.0702. The molecule has 0 aliphatic heterocycles. The van der Waals surface area contributed by atoms with E-state index in [0.29, 0.717) is 26.4 Å². The summed E-state index contributed by atoms with van der Waals surface area (Å²) in [6.45, 7) is 10.2. The highest BCUT2D eigenvalue weighted by Gasteiger charge is 1.96. The van der Waals surface area contributed by atoms with Crippen LogP contribution in [0.15, 0.2) is 4.99 Å². The van der Waals surface area contributed by atoms with Gasteiger partial charge >= 0.3 is 0 Å². The maximum atomic E-state index is 5.51. The Hall–Kier alpha value is -0.120. The third-order valence-corrected chi connectivity index (χ3v) is 2.67. The molecule has 0 spiro atoms. The molecule has 0 rings (SSSR count). The van der Waals surface area contributed by atoms with Crippen LogP contribution in [0.5, 0.6) is 0 Å². The van der Waals surface area contributed by atoms with Crippen LogP contribution >= 0.6 is 24.0 Å². The topological polar surface area (TPSA) is 64.1 Å². The summed E-state index contributed by atoms with van der Waals surface area (Å²) in [6, 6.07) is 0. The highest BCUT2D eigenvalue weighted by Crippen LogP contribution is 1.87. The molecule has 22 heavy (non-hydrogen) atoms. The number of unbranched alkanes of at least 4 members (excludes halogenated alkanes) is 1. The van der Waals surface area contributed by atoms with E-state index in [1.54, 1.807) is 7.11 Å². The molecule has 6 nitrogen and oxygen atoms in total. The van der Waals surface area contributed by atoms with Crippen LogP contribution in [0.1, 0.15) is 33.1 Å². The fraction of sp³-hybridized carbons (Fsp3) is 0.933. The van der Waals surface area contributed by atoms with Gasteiger partial charge in [0.2, 0.25) is 0 Å². The third kappa shape index (κ3) is 17.9. The van der Waals surface area contributed by atoms with Gasteiger partial charge < -0.3 is 24.8 Å². The molecule has 0 atom stereocenters. The van der Waals surface area contributed by atoms with Crippen molar-refractivity contribution in [2.24, 2.45) is 4.99 Å². The summed E-state index contributed by atoms with van der Waals surface area (Å²) in [4.78, 5) is 4.49. The molecule has 0 aliphatic carbocycles. The minimum absolute atomic E-state index is 0. The highest BCUT2D eigenvalue weighted by molar-refractivity contribution is 14.0. The molecule has 2 N–H and O–H groups in total. The third-order valence-electron chi connectivity index (χ3n) is 2.67. The Bertz CT molecular complexity index is 244. The first-order valence-corrected chi connectivity index (χ1v) is 8.01. The van der Waals surface area contributed by atoms with Gasteiger partial charge in [-0.2, -0.15) is 0 Å². The van der Waals surface area contributed by atoms with Crippen molar-refractivity contribution in [3.05, 3.63) is 0 Å². The standard InChI is InChI=1S/C15H33N3O3.HI/c1-4-6-10-20-12-9-18-15(16-5-2)17-8-7-11-21-14-13-19-3;/h4-14H2,1-3H3,(H2,16,17,18);1H. The van der Waals surface area contributed by atoms with E-state index in [-0.39, 0.29) is 24.0 Å². The lowest BCUT2D eigenvalue weighted by atomic mass is 10.4. The Morgan fingerprint density at radius 1 is 0.909 bits per heavy atom. The van der Waals surface area contributed by atoms with Gasteiger partial charge in [-0.3, -0.25) is 4.99 Å². The predicted molar refractivity (Wildman–Crippen MR) is 102 cm³/mol. The number of hydrogen-bond acceptors (Lipinski definition) is 4. The first-order chi connectivity index (χ1) is 10.3. The van der Waals surface area contributed by atoms with Crippen LogP contribution in [-0.4, -0.2) is 65.7 Å². The van der Waals surface area contributed by atoms with E-state index in [1.165, 1.54) is 6.42 Å². The Morgan fingerprint density at radius 3 is 2.32 bits per heavy atom. The molecule has 0 radical (unpaired) electrons. The lowest BCUT2D eigenvalue weighted by Crippen LogP contribution is -2.39. The highest BCUT2D eigenvalue weighted by atomic mass is 127. The van der Waals surface area contributed by atoms with Crippen LogP contribution in [0.25, 0.3) is 0 Å². The van der Waals surface area contributed by atoms with Crippen molar-refractivity contribution in [3.63, 3.8) is 0 Å². The van der Waals surface area contributed by atoms with Crippen molar-refractivity contribution >= 4 is 29.9 Å². The minimum atomic E-state index is 0. The van der Waals surface area contributed by atoms with Gasteiger partial charge in [0.15, 0.2) is 5.96 Å². The van der Waals surface area contributed by atoms with Crippen LogP contribution in [0, 0.1) is 0 Å². The molecule has 0 fully saturated rings. The number of rotatable bonds is 14. The average Bonchev–Trinajstić information content (AvgIpc) is 2.49. The molecule has 0 amide bonds. The van der Waals surface area contributed by atoms with E-state index in [1.807, 2.05) is 0 Å². The van der Waals surface area contributed by atoms with Crippen LogP contribution < -0.4 is 10.6 Å². The summed E-state index contributed by atoms with van der Waals surface area (Å²) in [6.07, 6.45) is 3.20. The Labute approximate surface area is 152 Å². The number of halogens is 1. The minimum Gasteiger partial charge on any atom is -0.382 e. The van der Waals surface area contributed by atoms with Gasteiger partial charge in [-0.1, -0.05) is 13.3 Å². The van der Waals surface area contributed by atoms with Crippen LogP contribution in [-0.2, 0) is 14.2 Å². The van der Waals surface area contributed by atoms with Gasteiger partial charge in [0, 0.05) is 40.0 Å². The zero-order valence-corrected chi connectivity index (χ0v) is 16.7. The first-order valence-electron chi connectivity index (χ1n) is 8.01. The van der Waals surface area contributed by atoms with Gasteiger partial charge in [-0.25, -0.2) is 0 Å². The van der Waals surface area contributed by atoms with Gasteiger partial charge in [0.25, 0.3) is 0 Å². The van der Waals surface area contributed by atoms with Crippen molar-refractivity contribution < 1.29 is 14.2 Å². The predicted octanol–water partition coefficient (Wildman–Crippen LogP) is 2.03. The SMILES string of the molecule is CCCCOCCNC(=NCCCOCCOC)NCC.I. The van der Waals surface area contributed by atoms with Crippen molar-refractivity contribution in [1.82, 2.24) is 10.6 Å². The van der Waals surface area contributed by atoms with Gasteiger partial charge in [0.1, 0.15) is 0 Å². The second kappa shape index (κ2) is 20.9. The van der Waals surface area contributed by atoms with E-state index in [9.17, 15) is 0 Å². The van der Waals surface area contributed by atoms with Crippen molar-refractivity contribution in [1.29, 1.82) is 0 Å². The summed E-state index contributed by atoms with van der Waals surface area (Å²) in [5.41, 5.74) is 0. The molecule has 0 aromatic rings. The number of methoxy groups -OCH3 is 1. The van der Waals surface area contributed by atoms with Crippen LogP contribution in [0.4, 0.5) is 0 Å². The fourth-order valence-electron chi connectivity index (χ4n) is 1.53. The van der Waals surface area contributed by atoms with Crippen LogP contribution in [0.2, 0.25) is 0 Å². The maximum absolute atomic E-state index is 5.51. The summed E-state index contributed by atoms with van der Waals surface area (Å²) in [5, 5.41) is 6.48. The molecular weight excluding hydrogens is 397 g/mol. The van der Waals surface area contributed by atoms with E-state index in [0.717, 1.165) is 45.0 Å². The Morgan fingerprint density at radius 2 is 1.64 bits per heavy atom. The lowest BCUT2D eigenvalue weighted by Gasteiger charge is -2.11. The van der Waals surface area contributed by atoms with E-state index >= 15 is 0 Å². The molecule has 0 bridgehead atoms. The maximum Gasteiger partial charge on any atom is 0.191 e. The molecule has 0 saturated heterocycles. The molecule has 134 valence electrons. The Kier molecular flexibility index (Phi) is 22.9. The summed E-state index contributed by atoms with van der Waals surface area (Å²) >= 11 is 0. The number of aliphatic imine (C=N–C) groups is 1. The summed E-state index contributed by atoms with van der Waals surface area (Å²) in [5.74, 6) is 0.841. The molecular formula is C15H34IN3O3. The number of nitrogens with zero attached hydrogens (tertiary/aromatic N) is 1. The van der Waals surface area contributed by atoms with Crippen molar-refractivity contribution in [3.8, 4) is 0 Å². The molecule has 0 aromatic heterocycles. The number of hydrogen-bond donors (Lipinski definition) is 2. The molecule has 0 heterocycles. The van der Waals surface area contributed by atoms with Gasteiger partial charge in [-0.15, -0.1) is 24.0 Å². The Balaban J connectivity index is 0. The molecule has 7 heteroatoms. The first kappa shape index (κ1) is 24.1. The largest absolute Gasteiger partial charge is 0.382 e. The fourth-order valence-corrected chi connectivity index (χ4v) is 1.53. The number of ether oxygens (including phenoxy) is 3. The monoisotopic (exact) mass is 431 g/mol. The summed E-state index contributed by atoms with van der Waals surface area (Å²) < 4.78 is 15.8. The molecule has 0 aromatic carbocycles. The van der Waals surface area contributed by atoms with Crippen molar-refractivity contribution in [2.45, 2.75) is 33.1 Å². The van der Waals surface area contributed by atoms with E-state index in [4.69, 9.17) is 14.2 Å². The zero-order chi connectivity index (χ0) is 15.6. The zero-order valence-electron chi connectivity index (χ0n) is 14.4. The average molecular weight is 431 g/mol. The van der Waals surface area contributed by atoms with E-state index in [2.05, 4.69) is 29.5 Å². The van der Waals surface area contributed by atoms with Crippen LogP contribution in [0.3, 0.4) is 0 Å². The van der Waals surface area contributed by atoms with E-state index < -0.39 is 0 Å². The summed E-state index contributed by atoms with van der Waals surface area (Å²) in [7, 11) is 1.67. The number of guanidine groups is 1.